The molecule has 0 aromatic heterocycles. The van der Waals surface area contributed by atoms with E-state index < -0.39 is 5.54 Å². The molecule has 0 radical (unpaired) electrons. The number of nitrogens with one attached hydrogen (secondary N) is 1. The number of rotatable bonds is 9. The summed E-state index contributed by atoms with van der Waals surface area (Å²) < 4.78 is 5.28. The maximum Gasteiger partial charge on any atom is 0.326 e. The largest absolute Gasteiger partial charge is 0.465 e. The van der Waals surface area contributed by atoms with Crippen LogP contribution in [0.5, 0.6) is 0 Å². The molecule has 4 heteroatoms. The van der Waals surface area contributed by atoms with Gasteiger partial charge < -0.3 is 4.74 Å². The van der Waals surface area contributed by atoms with Crippen LogP contribution in [0.1, 0.15) is 68.2 Å². The van der Waals surface area contributed by atoms with Gasteiger partial charge in [-0.15, -0.1) is 0 Å². The van der Waals surface area contributed by atoms with Crippen LogP contribution in [0.4, 0.5) is 0 Å². The van der Waals surface area contributed by atoms with Crippen LogP contribution in [0.3, 0.4) is 0 Å². The van der Waals surface area contributed by atoms with Crippen LogP contribution >= 0.6 is 0 Å². The Morgan fingerprint density at radius 3 is 2.10 bits per heavy atom. The van der Waals surface area contributed by atoms with Gasteiger partial charge in [-0.3, -0.25) is 15.0 Å². The van der Waals surface area contributed by atoms with Crippen LogP contribution in [0.2, 0.25) is 0 Å². The highest BCUT2D eigenvalue weighted by molar-refractivity contribution is 5.80. The van der Waals surface area contributed by atoms with E-state index in [1.807, 2.05) is 13.8 Å². The van der Waals surface area contributed by atoms with Crippen molar-refractivity contribution >= 4 is 5.97 Å². The molecular formula is C17H36N2O2. The molecule has 0 amide bonds. The predicted octanol–water partition coefficient (Wildman–Crippen LogP) is 3.21. The molecule has 0 aromatic rings. The molecule has 0 heterocycles. The van der Waals surface area contributed by atoms with Crippen LogP contribution < -0.4 is 5.32 Å². The third-order valence-electron chi connectivity index (χ3n) is 4.52. The highest BCUT2D eigenvalue weighted by atomic mass is 16.5. The van der Waals surface area contributed by atoms with E-state index in [0.29, 0.717) is 6.61 Å². The van der Waals surface area contributed by atoms with Crippen LogP contribution in [0.15, 0.2) is 0 Å². The fraction of sp³-hybridized carbons (Fsp3) is 0.941. The SMILES string of the molecule is CCOC(=O)C(C)(CC(C)N(C)C(C)(C)CC)NC(C)C. The highest BCUT2D eigenvalue weighted by Gasteiger charge is 2.39. The van der Waals surface area contributed by atoms with Crippen molar-refractivity contribution in [3.8, 4) is 0 Å². The van der Waals surface area contributed by atoms with E-state index in [2.05, 4.69) is 58.8 Å². The number of carbonyl (C=O) groups is 1. The van der Waals surface area contributed by atoms with Gasteiger partial charge in [0.1, 0.15) is 5.54 Å². The Labute approximate surface area is 131 Å². The van der Waals surface area contributed by atoms with Gasteiger partial charge in [0.2, 0.25) is 0 Å². The van der Waals surface area contributed by atoms with Gasteiger partial charge in [0, 0.05) is 17.6 Å². The summed E-state index contributed by atoms with van der Waals surface area (Å²) in [4.78, 5) is 14.7. The zero-order valence-corrected chi connectivity index (χ0v) is 15.5. The Kier molecular flexibility index (Phi) is 7.90. The molecule has 0 aromatic carbocycles. The number of carbonyl (C=O) groups excluding carboxylic acids is 1. The summed E-state index contributed by atoms with van der Waals surface area (Å²) in [5.74, 6) is -0.159. The van der Waals surface area contributed by atoms with Crippen molar-refractivity contribution in [3.63, 3.8) is 0 Å². The highest BCUT2D eigenvalue weighted by Crippen LogP contribution is 2.25. The number of nitrogens with zero attached hydrogens (tertiary/aromatic N) is 1. The van der Waals surface area contributed by atoms with Gasteiger partial charge in [0.15, 0.2) is 0 Å². The van der Waals surface area contributed by atoms with Crippen LogP contribution in [-0.2, 0) is 9.53 Å². The average Bonchev–Trinajstić information content (AvgIpc) is 2.36. The lowest BCUT2D eigenvalue weighted by atomic mass is 9.89. The minimum atomic E-state index is -0.651. The molecule has 0 saturated heterocycles. The first-order chi connectivity index (χ1) is 9.50. The van der Waals surface area contributed by atoms with Gasteiger partial charge in [-0.05, 0) is 68.4 Å². The first-order valence-electron chi connectivity index (χ1n) is 8.18. The number of hydrogen-bond donors (Lipinski definition) is 1. The van der Waals surface area contributed by atoms with Crippen molar-refractivity contribution in [2.75, 3.05) is 13.7 Å². The minimum absolute atomic E-state index is 0.118. The molecule has 0 aliphatic carbocycles. The molecule has 0 bridgehead atoms. The van der Waals surface area contributed by atoms with Gasteiger partial charge in [-0.2, -0.15) is 0 Å². The van der Waals surface area contributed by atoms with Gasteiger partial charge in [0.25, 0.3) is 0 Å². The third-order valence-corrected chi connectivity index (χ3v) is 4.52. The number of hydrogen-bond acceptors (Lipinski definition) is 4. The molecule has 0 spiro atoms. The fourth-order valence-corrected chi connectivity index (χ4v) is 2.70. The summed E-state index contributed by atoms with van der Waals surface area (Å²) in [6.45, 7) is 17.2. The van der Waals surface area contributed by atoms with E-state index >= 15 is 0 Å². The fourth-order valence-electron chi connectivity index (χ4n) is 2.70. The van der Waals surface area contributed by atoms with Crippen molar-refractivity contribution in [1.29, 1.82) is 0 Å². The molecule has 0 rings (SSSR count). The molecule has 0 aliphatic heterocycles. The van der Waals surface area contributed by atoms with Crippen molar-refractivity contribution < 1.29 is 9.53 Å². The predicted molar refractivity (Wildman–Crippen MR) is 89.5 cm³/mol. The Morgan fingerprint density at radius 2 is 1.71 bits per heavy atom. The Balaban J connectivity index is 5.09. The molecule has 2 unspecified atom stereocenters. The Morgan fingerprint density at radius 1 is 1.19 bits per heavy atom. The molecule has 0 fully saturated rings. The lowest BCUT2D eigenvalue weighted by Crippen LogP contribution is -2.57. The van der Waals surface area contributed by atoms with Gasteiger partial charge in [0.05, 0.1) is 6.61 Å². The lowest BCUT2D eigenvalue weighted by molar-refractivity contribution is -0.152. The van der Waals surface area contributed by atoms with Crippen molar-refractivity contribution in [2.45, 2.75) is 91.4 Å². The normalized spacial score (nSPS) is 16.9. The second kappa shape index (κ2) is 8.14. The molecule has 0 saturated carbocycles. The molecule has 126 valence electrons. The van der Waals surface area contributed by atoms with Crippen LogP contribution in [0.25, 0.3) is 0 Å². The summed E-state index contributed by atoms with van der Waals surface area (Å²) in [6, 6.07) is 0.511. The van der Waals surface area contributed by atoms with Crippen molar-refractivity contribution in [3.05, 3.63) is 0 Å². The maximum atomic E-state index is 12.4. The first kappa shape index (κ1) is 20.4. The van der Waals surface area contributed by atoms with E-state index in [1.54, 1.807) is 0 Å². The van der Waals surface area contributed by atoms with Gasteiger partial charge >= 0.3 is 5.97 Å². The smallest absolute Gasteiger partial charge is 0.326 e. The zero-order valence-electron chi connectivity index (χ0n) is 15.5. The van der Waals surface area contributed by atoms with Gasteiger partial charge in [-0.25, -0.2) is 0 Å². The minimum Gasteiger partial charge on any atom is -0.465 e. The lowest BCUT2D eigenvalue weighted by Gasteiger charge is -2.42. The Hall–Kier alpha value is -0.610. The number of esters is 1. The first-order valence-corrected chi connectivity index (χ1v) is 8.18. The topological polar surface area (TPSA) is 41.6 Å². The van der Waals surface area contributed by atoms with Crippen molar-refractivity contribution in [1.82, 2.24) is 10.2 Å². The average molecular weight is 300 g/mol. The van der Waals surface area contributed by atoms with E-state index in [9.17, 15) is 4.79 Å². The summed E-state index contributed by atoms with van der Waals surface area (Å²) in [5.41, 5.74) is -0.533. The molecular weight excluding hydrogens is 264 g/mol. The summed E-state index contributed by atoms with van der Waals surface area (Å²) in [7, 11) is 2.13. The van der Waals surface area contributed by atoms with Gasteiger partial charge in [-0.1, -0.05) is 6.92 Å². The van der Waals surface area contributed by atoms with E-state index in [0.717, 1.165) is 12.8 Å². The molecule has 2 atom stereocenters. The summed E-state index contributed by atoms with van der Waals surface area (Å²) in [6.07, 6.45) is 1.80. The van der Waals surface area contributed by atoms with E-state index in [1.165, 1.54) is 0 Å². The molecule has 0 aliphatic rings. The standard InChI is InChI=1S/C17H36N2O2/c1-10-16(6,7)19(9)14(5)12-17(8,18-13(3)4)15(20)21-11-2/h13-14,18H,10-12H2,1-9H3. The van der Waals surface area contributed by atoms with E-state index in [-0.39, 0.29) is 23.6 Å². The summed E-state index contributed by atoms with van der Waals surface area (Å²) >= 11 is 0. The second-order valence-corrected chi connectivity index (χ2v) is 7.18. The number of ether oxygens (including phenoxy) is 1. The van der Waals surface area contributed by atoms with Crippen molar-refractivity contribution in [2.24, 2.45) is 0 Å². The Bertz CT molecular complexity index is 329. The summed E-state index contributed by atoms with van der Waals surface area (Å²) in [5, 5.41) is 3.39. The van der Waals surface area contributed by atoms with E-state index in [4.69, 9.17) is 4.74 Å². The molecule has 21 heavy (non-hydrogen) atoms. The van der Waals surface area contributed by atoms with Crippen LogP contribution in [-0.4, -0.2) is 47.7 Å². The third kappa shape index (κ3) is 5.95. The molecule has 4 nitrogen and oxygen atoms in total. The monoisotopic (exact) mass is 300 g/mol. The quantitative estimate of drug-likeness (QED) is 0.664. The molecule has 1 N–H and O–H groups in total. The maximum absolute atomic E-state index is 12.4. The second-order valence-electron chi connectivity index (χ2n) is 7.18. The van der Waals surface area contributed by atoms with Crippen LogP contribution in [0, 0.1) is 0 Å². The zero-order chi connectivity index (χ0) is 16.8.